The third-order valence-corrected chi connectivity index (χ3v) is 5.17. The van der Waals surface area contributed by atoms with E-state index in [1.54, 1.807) is 0 Å². The number of halogens is 1. The van der Waals surface area contributed by atoms with Crippen molar-refractivity contribution in [1.82, 2.24) is 15.1 Å². The fourth-order valence-electron chi connectivity index (χ4n) is 3.50. The van der Waals surface area contributed by atoms with Crippen LogP contribution in [0, 0.1) is 0 Å². The number of carbonyl (C=O) groups is 1. The molecule has 1 aromatic carbocycles. The van der Waals surface area contributed by atoms with Gasteiger partial charge < -0.3 is 9.64 Å². The molecule has 4 rings (SSSR count). The Morgan fingerprint density at radius 3 is 2.75 bits per heavy atom. The van der Waals surface area contributed by atoms with Gasteiger partial charge in [-0.3, -0.25) is 4.79 Å². The molecule has 1 aromatic heterocycles. The van der Waals surface area contributed by atoms with E-state index in [-0.39, 0.29) is 5.91 Å². The minimum absolute atomic E-state index is 0.169. The van der Waals surface area contributed by atoms with Gasteiger partial charge in [-0.25, -0.2) is 0 Å². The Bertz CT molecular complexity index is 757. The van der Waals surface area contributed by atoms with E-state index in [2.05, 4.69) is 26.1 Å². The van der Waals surface area contributed by atoms with Crippen LogP contribution in [0.4, 0.5) is 0 Å². The third kappa shape index (κ3) is 3.02. The van der Waals surface area contributed by atoms with Gasteiger partial charge in [0.2, 0.25) is 0 Å². The first-order valence-electron chi connectivity index (χ1n) is 8.25. The molecule has 2 aromatic rings. The highest BCUT2D eigenvalue weighted by molar-refractivity contribution is 9.10. The summed E-state index contributed by atoms with van der Waals surface area (Å²) in [6.45, 7) is 1.06. The lowest BCUT2D eigenvalue weighted by molar-refractivity contribution is 0.0707. The first-order valence-corrected chi connectivity index (χ1v) is 9.05. The van der Waals surface area contributed by atoms with E-state index < -0.39 is 0 Å². The van der Waals surface area contributed by atoms with E-state index in [9.17, 15) is 4.79 Å². The summed E-state index contributed by atoms with van der Waals surface area (Å²) in [6.07, 6.45) is 4.72. The molecule has 5 nitrogen and oxygen atoms in total. The number of ether oxygens (including phenoxy) is 1. The molecule has 0 spiro atoms. The highest BCUT2D eigenvalue weighted by atomic mass is 79.9. The van der Waals surface area contributed by atoms with Crippen molar-refractivity contribution in [2.75, 3.05) is 0 Å². The number of carbonyl (C=O) groups excluding carboxylic acids is 1. The lowest BCUT2D eigenvalue weighted by atomic mass is 10.1. The Labute approximate surface area is 149 Å². The van der Waals surface area contributed by atoms with Crippen molar-refractivity contribution in [3.8, 4) is 5.75 Å². The third-order valence-electron chi connectivity index (χ3n) is 4.75. The van der Waals surface area contributed by atoms with E-state index in [0.717, 1.165) is 35.4 Å². The van der Waals surface area contributed by atoms with Crippen LogP contribution in [0.15, 0.2) is 34.9 Å². The molecule has 1 aliphatic heterocycles. The maximum atomic E-state index is 12.6. The fourth-order valence-corrected chi connectivity index (χ4v) is 3.71. The molecule has 1 fully saturated rings. The van der Waals surface area contributed by atoms with E-state index in [1.807, 2.05) is 35.2 Å². The number of hydrogen-bond acceptors (Lipinski definition) is 4. The number of fused-ring (bicyclic) bond motifs is 1. The zero-order valence-corrected chi connectivity index (χ0v) is 14.8. The van der Waals surface area contributed by atoms with Gasteiger partial charge in [-0.15, -0.1) is 5.10 Å². The minimum atomic E-state index is 0.169. The second-order valence-corrected chi connectivity index (χ2v) is 7.14. The standard InChI is InChI=1S/C18H18BrN3O2/c19-17-8-5-13(20-21-17)11-24-15-6-7-16-12(9-15)10-22(18(16)23)14-3-1-2-4-14/h5-9,14H,1-4,10-11H2. The number of aromatic nitrogens is 2. The number of nitrogens with zero attached hydrogens (tertiary/aromatic N) is 3. The van der Waals surface area contributed by atoms with Crippen LogP contribution < -0.4 is 4.74 Å². The molecular weight excluding hydrogens is 370 g/mol. The highest BCUT2D eigenvalue weighted by Crippen LogP contribution is 2.33. The summed E-state index contributed by atoms with van der Waals surface area (Å²) >= 11 is 3.26. The fraction of sp³-hybridized carbons (Fsp3) is 0.389. The van der Waals surface area contributed by atoms with Gasteiger partial charge in [0, 0.05) is 18.2 Å². The summed E-state index contributed by atoms with van der Waals surface area (Å²) in [7, 11) is 0. The predicted octanol–water partition coefficient (Wildman–Crippen LogP) is 3.72. The second kappa shape index (κ2) is 6.51. The molecule has 1 amide bonds. The molecule has 0 saturated heterocycles. The summed E-state index contributed by atoms with van der Waals surface area (Å²) in [5.74, 6) is 0.932. The molecule has 1 aliphatic carbocycles. The number of benzene rings is 1. The summed E-state index contributed by atoms with van der Waals surface area (Å²) in [5.41, 5.74) is 2.64. The maximum Gasteiger partial charge on any atom is 0.254 e. The normalized spacial score (nSPS) is 17.4. The van der Waals surface area contributed by atoms with Crippen molar-refractivity contribution in [3.63, 3.8) is 0 Å². The Balaban J connectivity index is 1.46. The van der Waals surface area contributed by atoms with Crippen molar-refractivity contribution in [2.24, 2.45) is 0 Å². The highest BCUT2D eigenvalue weighted by Gasteiger charge is 2.34. The SMILES string of the molecule is O=C1c2ccc(OCc3ccc(Br)nn3)cc2CN1C1CCCC1. The summed E-state index contributed by atoms with van der Waals surface area (Å²) in [4.78, 5) is 14.6. The molecular formula is C18H18BrN3O2. The Hall–Kier alpha value is -1.95. The molecule has 2 aliphatic rings. The van der Waals surface area contributed by atoms with Gasteiger partial charge in [-0.2, -0.15) is 5.10 Å². The average molecular weight is 388 g/mol. The van der Waals surface area contributed by atoms with Gasteiger partial charge in [-0.05, 0) is 64.7 Å². The molecule has 0 atom stereocenters. The lowest BCUT2D eigenvalue weighted by Crippen LogP contribution is -2.33. The van der Waals surface area contributed by atoms with Crippen molar-refractivity contribution in [3.05, 3.63) is 51.8 Å². The molecule has 0 unspecified atom stereocenters. The zero-order chi connectivity index (χ0) is 16.5. The van der Waals surface area contributed by atoms with Crippen LogP contribution in [0.2, 0.25) is 0 Å². The maximum absolute atomic E-state index is 12.6. The Kier molecular flexibility index (Phi) is 4.22. The van der Waals surface area contributed by atoms with Crippen LogP contribution in [0.1, 0.15) is 47.3 Å². The van der Waals surface area contributed by atoms with E-state index in [0.29, 0.717) is 23.8 Å². The van der Waals surface area contributed by atoms with Crippen molar-refractivity contribution in [1.29, 1.82) is 0 Å². The zero-order valence-electron chi connectivity index (χ0n) is 13.2. The molecule has 124 valence electrons. The van der Waals surface area contributed by atoms with Crippen molar-refractivity contribution >= 4 is 21.8 Å². The van der Waals surface area contributed by atoms with Gasteiger partial charge >= 0.3 is 0 Å². The molecule has 1 saturated carbocycles. The van der Waals surface area contributed by atoms with Gasteiger partial charge in [0.15, 0.2) is 0 Å². The van der Waals surface area contributed by atoms with Crippen LogP contribution >= 0.6 is 15.9 Å². The van der Waals surface area contributed by atoms with Crippen molar-refractivity contribution < 1.29 is 9.53 Å². The van der Waals surface area contributed by atoms with Crippen molar-refractivity contribution in [2.45, 2.75) is 44.9 Å². The molecule has 6 heteroatoms. The van der Waals surface area contributed by atoms with E-state index in [4.69, 9.17) is 4.74 Å². The largest absolute Gasteiger partial charge is 0.487 e. The summed E-state index contributed by atoms with van der Waals surface area (Å²) < 4.78 is 6.51. The van der Waals surface area contributed by atoms with Gasteiger partial charge in [-0.1, -0.05) is 12.8 Å². The number of amides is 1. The smallest absolute Gasteiger partial charge is 0.254 e. The van der Waals surface area contributed by atoms with Crippen LogP contribution in [-0.2, 0) is 13.2 Å². The molecule has 24 heavy (non-hydrogen) atoms. The predicted molar refractivity (Wildman–Crippen MR) is 92.6 cm³/mol. The average Bonchev–Trinajstić information content (AvgIpc) is 3.22. The van der Waals surface area contributed by atoms with Gasteiger partial charge in [0.1, 0.15) is 22.7 Å². The van der Waals surface area contributed by atoms with E-state index >= 15 is 0 Å². The number of rotatable bonds is 4. The van der Waals surface area contributed by atoms with Crippen LogP contribution in [0.3, 0.4) is 0 Å². The van der Waals surface area contributed by atoms with Crippen LogP contribution in [0.25, 0.3) is 0 Å². The molecule has 0 radical (unpaired) electrons. The van der Waals surface area contributed by atoms with Crippen LogP contribution in [0.5, 0.6) is 5.75 Å². The first kappa shape index (κ1) is 15.6. The van der Waals surface area contributed by atoms with Crippen LogP contribution in [-0.4, -0.2) is 27.0 Å². The topological polar surface area (TPSA) is 55.3 Å². The summed E-state index contributed by atoms with van der Waals surface area (Å²) in [6, 6.07) is 9.85. The minimum Gasteiger partial charge on any atom is -0.487 e. The first-order chi connectivity index (χ1) is 11.7. The Morgan fingerprint density at radius 1 is 1.17 bits per heavy atom. The monoisotopic (exact) mass is 387 g/mol. The van der Waals surface area contributed by atoms with Gasteiger partial charge in [0.05, 0.1) is 0 Å². The quantitative estimate of drug-likeness (QED) is 0.801. The summed E-state index contributed by atoms with van der Waals surface area (Å²) in [5, 5.41) is 8.01. The molecule has 2 heterocycles. The second-order valence-electron chi connectivity index (χ2n) is 6.33. The molecule has 0 bridgehead atoms. The lowest BCUT2D eigenvalue weighted by Gasteiger charge is -2.23. The van der Waals surface area contributed by atoms with Gasteiger partial charge in [0.25, 0.3) is 5.91 Å². The van der Waals surface area contributed by atoms with E-state index in [1.165, 1.54) is 12.8 Å². The Morgan fingerprint density at radius 2 is 2.00 bits per heavy atom. The molecule has 0 N–H and O–H groups in total. The number of hydrogen-bond donors (Lipinski definition) is 0.